The molecule has 2 unspecified atom stereocenters. The van der Waals surface area contributed by atoms with E-state index in [0.29, 0.717) is 18.7 Å². The second kappa shape index (κ2) is 12.9. The van der Waals surface area contributed by atoms with Crippen LogP contribution in [0.25, 0.3) is 0 Å². The molecule has 0 aliphatic heterocycles. The highest BCUT2D eigenvalue weighted by atomic mass is 32.2. The molecule has 0 aromatic heterocycles. The van der Waals surface area contributed by atoms with Gasteiger partial charge in [-0.25, -0.2) is 8.42 Å². The predicted molar refractivity (Wildman–Crippen MR) is 146 cm³/mol. The Morgan fingerprint density at radius 2 is 1.67 bits per heavy atom. The molecule has 1 N–H and O–H groups in total. The monoisotopic (exact) mass is 515 g/mol. The van der Waals surface area contributed by atoms with Crippen molar-refractivity contribution in [3.8, 4) is 0 Å². The van der Waals surface area contributed by atoms with E-state index >= 15 is 0 Å². The van der Waals surface area contributed by atoms with Crippen LogP contribution in [0.2, 0.25) is 0 Å². The molecule has 0 radical (unpaired) electrons. The Kier molecular flexibility index (Phi) is 10.5. The van der Waals surface area contributed by atoms with E-state index in [1.807, 2.05) is 77.1 Å². The van der Waals surface area contributed by atoms with Crippen molar-refractivity contribution in [2.75, 3.05) is 17.1 Å². The van der Waals surface area contributed by atoms with E-state index in [0.717, 1.165) is 28.7 Å². The first-order valence-corrected chi connectivity index (χ1v) is 14.4. The van der Waals surface area contributed by atoms with Crippen molar-refractivity contribution < 1.29 is 18.0 Å². The van der Waals surface area contributed by atoms with E-state index in [1.54, 1.807) is 11.8 Å². The lowest BCUT2D eigenvalue weighted by molar-refractivity contribution is -0.140. The highest BCUT2D eigenvalue weighted by Crippen LogP contribution is 2.25. The maximum Gasteiger partial charge on any atom is 0.242 e. The van der Waals surface area contributed by atoms with Crippen molar-refractivity contribution in [2.45, 2.75) is 79.4 Å². The number of hydrogen-bond acceptors (Lipinski definition) is 4. The van der Waals surface area contributed by atoms with Crippen molar-refractivity contribution in [3.63, 3.8) is 0 Å². The smallest absolute Gasteiger partial charge is 0.242 e. The van der Waals surface area contributed by atoms with Crippen molar-refractivity contribution in [2.24, 2.45) is 0 Å². The molecular formula is C28H41N3O4S. The van der Waals surface area contributed by atoms with Crippen LogP contribution in [0.15, 0.2) is 42.5 Å². The summed E-state index contributed by atoms with van der Waals surface area (Å²) in [4.78, 5) is 27.9. The Bertz CT molecular complexity index is 1160. The molecule has 36 heavy (non-hydrogen) atoms. The Labute approximate surface area is 216 Å². The van der Waals surface area contributed by atoms with Gasteiger partial charge in [-0.05, 0) is 75.8 Å². The zero-order valence-electron chi connectivity index (χ0n) is 22.7. The van der Waals surface area contributed by atoms with Crippen LogP contribution in [0.5, 0.6) is 0 Å². The van der Waals surface area contributed by atoms with E-state index in [4.69, 9.17) is 0 Å². The van der Waals surface area contributed by atoms with Crippen LogP contribution < -0.4 is 9.62 Å². The summed E-state index contributed by atoms with van der Waals surface area (Å²) in [5.41, 5.74) is 4.47. The van der Waals surface area contributed by atoms with Gasteiger partial charge in [-0.3, -0.25) is 13.9 Å². The number of hydrogen-bond donors (Lipinski definition) is 1. The molecule has 0 saturated carbocycles. The number of carbonyl (C=O) groups is 2. The largest absolute Gasteiger partial charge is 0.352 e. The second-order valence-electron chi connectivity index (χ2n) is 9.67. The quantitative estimate of drug-likeness (QED) is 0.451. The molecule has 0 aliphatic carbocycles. The molecule has 2 aromatic rings. The summed E-state index contributed by atoms with van der Waals surface area (Å²) in [6.07, 6.45) is 2.44. The normalized spacial score (nSPS) is 13.1. The van der Waals surface area contributed by atoms with Crippen LogP contribution in [0.3, 0.4) is 0 Å². The number of benzene rings is 2. The van der Waals surface area contributed by atoms with Gasteiger partial charge in [0, 0.05) is 25.6 Å². The van der Waals surface area contributed by atoms with Gasteiger partial charge in [0.15, 0.2) is 0 Å². The van der Waals surface area contributed by atoms with Crippen molar-refractivity contribution >= 4 is 27.5 Å². The topological polar surface area (TPSA) is 86.8 Å². The molecule has 2 aromatic carbocycles. The highest BCUT2D eigenvalue weighted by Gasteiger charge is 2.27. The van der Waals surface area contributed by atoms with Crippen molar-refractivity contribution in [1.29, 1.82) is 0 Å². The van der Waals surface area contributed by atoms with Gasteiger partial charge in [-0.1, -0.05) is 43.3 Å². The molecule has 8 heteroatoms. The highest BCUT2D eigenvalue weighted by molar-refractivity contribution is 7.92. The van der Waals surface area contributed by atoms with Crippen molar-refractivity contribution in [3.05, 3.63) is 64.7 Å². The predicted octanol–water partition coefficient (Wildman–Crippen LogP) is 4.49. The Hall–Kier alpha value is -2.87. The van der Waals surface area contributed by atoms with Gasteiger partial charge in [0.1, 0.15) is 6.04 Å². The van der Waals surface area contributed by atoms with E-state index < -0.39 is 16.1 Å². The van der Waals surface area contributed by atoms with Gasteiger partial charge >= 0.3 is 0 Å². The third kappa shape index (κ3) is 8.08. The minimum Gasteiger partial charge on any atom is -0.352 e. The average molecular weight is 516 g/mol. The number of nitrogens with one attached hydrogen (secondary N) is 1. The molecule has 0 bridgehead atoms. The number of amides is 2. The number of carbonyl (C=O) groups excluding carboxylic acids is 2. The van der Waals surface area contributed by atoms with Crippen LogP contribution >= 0.6 is 0 Å². The minimum atomic E-state index is -3.53. The molecule has 2 amide bonds. The van der Waals surface area contributed by atoms with Crippen LogP contribution in [0, 0.1) is 20.8 Å². The number of sulfonamides is 1. The number of anilines is 1. The van der Waals surface area contributed by atoms with Gasteiger partial charge in [0.25, 0.3) is 0 Å². The Morgan fingerprint density at radius 3 is 2.28 bits per heavy atom. The van der Waals surface area contributed by atoms with Crippen LogP contribution in [0.4, 0.5) is 5.69 Å². The number of rotatable bonds is 12. The fourth-order valence-corrected chi connectivity index (χ4v) is 5.00. The standard InChI is InChI=1S/C28H41N3O4S/c1-8-23(5)29-28(33)24(6)30(19-25-13-10-9-12-21(25)3)27(32)14-11-17-31(36(7,34)35)26-18-20(2)15-16-22(26)4/h9-10,12-13,15-16,18,23-24H,8,11,14,17,19H2,1-7H3,(H,29,33). The fourth-order valence-electron chi connectivity index (χ4n) is 3.99. The Balaban J connectivity index is 2.22. The van der Waals surface area contributed by atoms with E-state index in [9.17, 15) is 18.0 Å². The lowest BCUT2D eigenvalue weighted by atomic mass is 10.1. The van der Waals surface area contributed by atoms with Gasteiger partial charge in [0.2, 0.25) is 21.8 Å². The first kappa shape index (κ1) is 29.4. The SMILES string of the molecule is CCC(C)NC(=O)C(C)N(Cc1ccccc1C)C(=O)CCCN(c1cc(C)ccc1C)S(C)(=O)=O. The molecule has 0 spiro atoms. The average Bonchev–Trinajstić information content (AvgIpc) is 2.81. The molecular weight excluding hydrogens is 474 g/mol. The zero-order chi connectivity index (χ0) is 27.0. The summed E-state index contributed by atoms with van der Waals surface area (Å²) in [6.45, 7) is 11.9. The maximum absolute atomic E-state index is 13.4. The van der Waals surface area contributed by atoms with Crippen LogP contribution in [-0.4, -0.2) is 50.0 Å². The Morgan fingerprint density at radius 1 is 1.00 bits per heavy atom. The summed E-state index contributed by atoms with van der Waals surface area (Å²) >= 11 is 0. The summed E-state index contributed by atoms with van der Waals surface area (Å²) in [5.74, 6) is -0.376. The number of nitrogens with zero attached hydrogens (tertiary/aromatic N) is 2. The molecule has 2 atom stereocenters. The first-order chi connectivity index (χ1) is 16.8. The third-order valence-corrected chi connectivity index (χ3v) is 7.74. The summed E-state index contributed by atoms with van der Waals surface area (Å²) < 4.78 is 26.5. The third-order valence-electron chi connectivity index (χ3n) is 6.56. The van der Waals surface area contributed by atoms with Gasteiger partial charge in [-0.2, -0.15) is 0 Å². The van der Waals surface area contributed by atoms with Crippen molar-refractivity contribution in [1.82, 2.24) is 10.2 Å². The minimum absolute atomic E-state index is 0.0104. The van der Waals surface area contributed by atoms with Crippen LogP contribution in [0.1, 0.15) is 62.3 Å². The molecule has 7 nitrogen and oxygen atoms in total. The number of aryl methyl sites for hydroxylation is 3. The van der Waals surface area contributed by atoms with E-state index in [2.05, 4.69) is 5.32 Å². The van der Waals surface area contributed by atoms with E-state index in [-0.39, 0.29) is 30.8 Å². The fraction of sp³-hybridized carbons (Fsp3) is 0.500. The lowest BCUT2D eigenvalue weighted by Crippen LogP contribution is -2.49. The van der Waals surface area contributed by atoms with Crippen LogP contribution in [-0.2, 0) is 26.2 Å². The maximum atomic E-state index is 13.4. The zero-order valence-corrected chi connectivity index (χ0v) is 23.5. The first-order valence-electron chi connectivity index (χ1n) is 12.5. The molecule has 0 aliphatic rings. The van der Waals surface area contributed by atoms with E-state index in [1.165, 1.54) is 10.6 Å². The summed E-state index contributed by atoms with van der Waals surface area (Å²) in [5, 5.41) is 2.97. The molecule has 0 fully saturated rings. The summed E-state index contributed by atoms with van der Waals surface area (Å²) in [6, 6.07) is 12.8. The summed E-state index contributed by atoms with van der Waals surface area (Å²) in [7, 11) is -3.53. The molecule has 2 rings (SSSR count). The second-order valence-corrected chi connectivity index (χ2v) is 11.6. The molecule has 0 saturated heterocycles. The molecule has 198 valence electrons. The van der Waals surface area contributed by atoms with Gasteiger partial charge in [0.05, 0.1) is 11.9 Å². The molecule has 0 heterocycles. The van der Waals surface area contributed by atoms with Gasteiger partial charge < -0.3 is 10.2 Å². The van der Waals surface area contributed by atoms with Gasteiger partial charge in [-0.15, -0.1) is 0 Å². The lowest BCUT2D eigenvalue weighted by Gasteiger charge is -2.30.